The van der Waals surface area contributed by atoms with Gasteiger partial charge in [0.1, 0.15) is 16.4 Å². The van der Waals surface area contributed by atoms with Gasteiger partial charge in [-0.2, -0.15) is 0 Å². The van der Waals surface area contributed by atoms with Crippen LogP contribution in [0.2, 0.25) is 0 Å². The number of ether oxygens (including phenoxy) is 2. The summed E-state index contributed by atoms with van der Waals surface area (Å²) in [5.41, 5.74) is 0.166. The Hall–Kier alpha value is -0.970. The number of phenols is 1. The lowest BCUT2D eigenvalue weighted by Crippen LogP contribution is -1.96. The summed E-state index contributed by atoms with van der Waals surface area (Å²) in [7, 11) is 2.90. The number of phenolic OH excluding ortho intramolecular Hbond substituents is 1. The Morgan fingerprint density at radius 1 is 1.40 bits per heavy atom. The molecular formula is C10H12BrFO3. The minimum atomic E-state index is -1.28. The fraction of sp³-hybridized carbons (Fsp3) is 0.400. The van der Waals surface area contributed by atoms with Crippen molar-refractivity contribution in [2.45, 2.75) is 13.1 Å². The summed E-state index contributed by atoms with van der Waals surface area (Å²) in [6, 6.07) is 1.42. The van der Waals surface area contributed by atoms with E-state index < -0.39 is 6.17 Å². The zero-order chi connectivity index (χ0) is 11.6. The molecule has 1 unspecified atom stereocenters. The molecule has 0 fully saturated rings. The number of alkyl halides is 1. The second-order valence-corrected chi connectivity index (χ2v) is 3.77. The van der Waals surface area contributed by atoms with Crippen LogP contribution in [0.4, 0.5) is 4.39 Å². The SMILES string of the molecule is COc1cc(C(C)F)c(O)c(Br)c1OC. The molecule has 0 amide bonds. The zero-order valence-corrected chi connectivity index (χ0v) is 10.3. The van der Waals surface area contributed by atoms with Gasteiger partial charge in [0.15, 0.2) is 11.5 Å². The first-order chi connectivity index (χ1) is 7.02. The molecule has 0 heterocycles. The summed E-state index contributed by atoms with van der Waals surface area (Å²) in [4.78, 5) is 0. The zero-order valence-electron chi connectivity index (χ0n) is 8.67. The Morgan fingerprint density at radius 2 is 2.00 bits per heavy atom. The molecule has 0 aliphatic carbocycles. The Kier molecular flexibility index (Phi) is 3.79. The Balaban J connectivity index is 3.42. The van der Waals surface area contributed by atoms with E-state index in [1.807, 2.05) is 0 Å². The van der Waals surface area contributed by atoms with Crippen LogP contribution in [-0.2, 0) is 0 Å². The molecule has 0 aromatic heterocycles. The minimum absolute atomic E-state index is 0.164. The van der Waals surface area contributed by atoms with Crippen molar-refractivity contribution in [1.29, 1.82) is 0 Å². The van der Waals surface area contributed by atoms with E-state index in [0.717, 1.165) is 0 Å². The molecule has 1 N–H and O–H groups in total. The summed E-state index contributed by atoms with van der Waals surface area (Å²) in [6.45, 7) is 1.34. The van der Waals surface area contributed by atoms with E-state index in [1.165, 1.54) is 27.2 Å². The van der Waals surface area contributed by atoms with E-state index >= 15 is 0 Å². The number of aromatic hydroxyl groups is 1. The normalized spacial score (nSPS) is 12.3. The van der Waals surface area contributed by atoms with Crippen LogP contribution in [0.25, 0.3) is 0 Å². The maximum atomic E-state index is 13.1. The van der Waals surface area contributed by atoms with Crippen molar-refractivity contribution in [3.8, 4) is 17.2 Å². The van der Waals surface area contributed by atoms with Gasteiger partial charge in [-0.25, -0.2) is 4.39 Å². The largest absolute Gasteiger partial charge is 0.506 e. The van der Waals surface area contributed by atoms with Gasteiger partial charge in [-0.3, -0.25) is 0 Å². The van der Waals surface area contributed by atoms with E-state index in [9.17, 15) is 9.50 Å². The molecule has 84 valence electrons. The van der Waals surface area contributed by atoms with Crippen LogP contribution in [0.3, 0.4) is 0 Å². The van der Waals surface area contributed by atoms with Crippen LogP contribution < -0.4 is 9.47 Å². The van der Waals surface area contributed by atoms with Crippen molar-refractivity contribution in [1.82, 2.24) is 0 Å². The average molecular weight is 279 g/mol. The highest BCUT2D eigenvalue weighted by Crippen LogP contribution is 2.45. The molecular weight excluding hydrogens is 267 g/mol. The molecule has 0 aliphatic rings. The Morgan fingerprint density at radius 3 is 2.40 bits per heavy atom. The molecule has 0 saturated heterocycles. The fourth-order valence-electron chi connectivity index (χ4n) is 1.26. The predicted octanol–water partition coefficient (Wildman–Crippen LogP) is 3.20. The Labute approximate surface area is 95.9 Å². The number of rotatable bonds is 3. The van der Waals surface area contributed by atoms with Gasteiger partial charge in [0, 0.05) is 5.56 Å². The monoisotopic (exact) mass is 278 g/mol. The average Bonchev–Trinajstić information content (AvgIpc) is 2.21. The number of hydrogen-bond acceptors (Lipinski definition) is 3. The van der Waals surface area contributed by atoms with Crippen molar-refractivity contribution in [2.75, 3.05) is 14.2 Å². The van der Waals surface area contributed by atoms with Crippen LogP contribution in [0.15, 0.2) is 10.5 Å². The number of halogens is 2. The highest BCUT2D eigenvalue weighted by molar-refractivity contribution is 9.10. The quantitative estimate of drug-likeness (QED) is 0.923. The molecule has 3 nitrogen and oxygen atoms in total. The first kappa shape index (κ1) is 12.1. The minimum Gasteiger partial charge on any atom is -0.506 e. The third-order valence-electron chi connectivity index (χ3n) is 2.04. The molecule has 0 saturated carbocycles. The predicted molar refractivity (Wildman–Crippen MR) is 58.4 cm³/mol. The molecule has 0 spiro atoms. The molecule has 0 radical (unpaired) electrons. The smallest absolute Gasteiger partial charge is 0.178 e. The van der Waals surface area contributed by atoms with Crippen LogP contribution in [0.1, 0.15) is 18.7 Å². The maximum absolute atomic E-state index is 13.1. The maximum Gasteiger partial charge on any atom is 0.178 e. The topological polar surface area (TPSA) is 38.7 Å². The van der Waals surface area contributed by atoms with Crippen molar-refractivity contribution in [3.63, 3.8) is 0 Å². The van der Waals surface area contributed by atoms with Gasteiger partial charge in [-0.05, 0) is 28.9 Å². The van der Waals surface area contributed by atoms with Crippen LogP contribution in [-0.4, -0.2) is 19.3 Å². The highest BCUT2D eigenvalue weighted by Gasteiger charge is 2.20. The third kappa shape index (κ3) is 2.17. The van der Waals surface area contributed by atoms with E-state index in [4.69, 9.17) is 9.47 Å². The van der Waals surface area contributed by atoms with Crippen molar-refractivity contribution in [2.24, 2.45) is 0 Å². The van der Waals surface area contributed by atoms with Gasteiger partial charge in [-0.15, -0.1) is 0 Å². The van der Waals surface area contributed by atoms with Crippen LogP contribution in [0, 0.1) is 0 Å². The lowest BCUT2D eigenvalue weighted by Gasteiger charge is -2.14. The third-order valence-corrected chi connectivity index (χ3v) is 2.78. The fourth-order valence-corrected chi connectivity index (χ4v) is 1.85. The van der Waals surface area contributed by atoms with E-state index in [0.29, 0.717) is 16.0 Å². The number of benzene rings is 1. The number of methoxy groups -OCH3 is 2. The molecule has 15 heavy (non-hydrogen) atoms. The van der Waals surface area contributed by atoms with Crippen LogP contribution in [0.5, 0.6) is 17.2 Å². The van der Waals surface area contributed by atoms with Gasteiger partial charge >= 0.3 is 0 Å². The highest BCUT2D eigenvalue weighted by atomic mass is 79.9. The van der Waals surface area contributed by atoms with Gasteiger partial charge in [0.05, 0.1) is 14.2 Å². The molecule has 5 heteroatoms. The van der Waals surface area contributed by atoms with Crippen molar-refractivity contribution >= 4 is 15.9 Å². The second-order valence-electron chi connectivity index (χ2n) is 2.98. The van der Waals surface area contributed by atoms with E-state index in [-0.39, 0.29) is 11.3 Å². The number of hydrogen-bond donors (Lipinski definition) is 1. The summed E-state index contributed by atoms with van der Waals surface area (Å²) in [6.07, 6.45) is -1.28. The Bertz CT molecular complexity index is 366. The van der Waals surface area contributed by atoms with Gasteiger partial charge in [-0.1, -0.05) is 0 Å². The molecule has 0 bridgehead atoms. The lowest BCUT2D eigenvalue weighted by atomic mass is 10.1. The first-order valence-corrected chi connectivity index (χ1v) is 5.09. The molecule has 1 aromatic carbocycles. The van der Waals surface area contributed by atoms with Crippen molar-refractivity contribution < 1.29 is 19.0 Å². The molecule has 1 atom stereocenters. The van der Waals surface area contributed by atoms with E-state index in [1.54, 1.807) is 0 Å². The summed E-state index contributed by atoms with van der Waals surface area (Å²) < 4.78 is 23.5. The molecule has 1 aromatic rings. The van der Waals surface area contributed by atoms with Gasteiger partial charge < -0.3 is 14.6 Å². The standard InChI is InChI=1S/C10H12BrFO3/c1-5(12)6-4-7(14-2)10(15-3)8(11)9(6)13/h4-5,13H,1-3H3. The summed E-state index contributed by atoms with van der Waals surface area (Å²) in [5, 5.41) is 9.68. The van der Waals surface area contributed by atoms with E-state index in [2.05, 4.69) is 15.9 Å². The first-order valence-electron chi connectivity index (χ1n) is 4.30. The van der Waals surface area contributed by atoms with Gasteiger partial charge in [0.2, 0.25) is 0 Å². The molecule has 1 rings (SSSR count). The van der Waals surface area contributed by atoms with Crippen LogP contribution >= 0.6 is 15.9 Å². The molecule has 0 aliphatic heterocycles. The van der Waals surface area contributed by atoms with Gasteiger partial charge in [0.25, 0.3) is 0 Å². The summed E-state index contributed by atoms with van der Waals surface area (Å²) >= 11 is 3.13. The lowest BCUT2D eigenvalue weighted by molar-refractivity contribution is 0.332. The second kappa shape index (κ2) is 4.70. The van der Waals surface area contributed by atoms with Crippen molar-refractivity contribution in [3.05, 3.63) is 16.1 Å². The summed E-state index contributed by atoms with van der Waals surface area (Å²) in [5.74, 6) is 0.559.